The van der Waals surface area contributed by atoms with Crippen LogP contribution < -0.4 is 5.73 Å². The van der Waals surface area contributed by atoms with Gasteiger partial charge >= 0.3 is 0 Å². The highest BCUT2D eigenvalue weighted by atomic mass is 32.2. The number of aliphatic hydroxyl groups is 1. The summed E-state index contributed by atoms with van der Waals surface area (Å²) in [7, 11) is 0. The average molecular weight is 285 g/mol. The van der Waals surface area contributed by atoms with E-state index in [1.54, 1.807) is 11.8 Å². The molecule has 3 heteroatoms. The van der Waals surface area contributed by atoms with E-state index >= 15 is 0 Å². The minimum absolute atomic E-state index is 0.475. The van der Waals surface area contributed by atoms with Gasteiger partial charge in [0.25, 0.3) is 0 Å². The molecule has 2 nitrogen and oxygen atoms in total. The van der Waals surface area contributed by atoms with E-state index in [0.717, 1.165) is 5.56 Å². The molecular weight excluding hydrogens is 266 g/mol. The maximum atomic E-state index is 10.2. The smallest absolute Gasteiger partial charge is 0.0884 e. The Morgan fingerprint density at radius 3 is 2.80 bits per heavy atom. The van der Waals surface area contributed by atoms with Crippen molar-refractivity contribution < 1.29 is 5.11 Å². The molecule has 3 N–H and O–H groups in total. The Balaban J connectivity index is 1.64. The number of anilines is 1. The van der Waals surface area contributed by atoms with Crippen LogP contribution in [0.2, 0.25) is 0 Å². The number of rotatable bonds is 4. The molecule has 20 heavy (non-hydrogen) atoms. The van der Waals surface area contributed by atoms with Gasteiger partial charge in [0, 0.05) is 16.3 Å². The van der Waals surface area contributed by atoms with E-state index < -0.39 is 6.10 Å². The normalized spacial score (nSPS) is 15.1. The molecule has 0 spiro atoms. The van der Waals surface area contributed by atoms with Gasteiger partial charge in [-0.05, 0) is 60.2 Å². The van der Waals surface area contributed by atoms with Crippen molar-refractivity contribution in [1.29, 1.82) is 0 Å². The lowest BCUT2D eigenvalue weighted by molar-refractivity contribution is 0.204. The molecule has 1 aliphatic carbocycles. The lowest BCUT2D eigenvalue weighted by Crippen LogP contribution is -2.01. The minimum atomic E-state index is -0.475. The third kappa shape index (κ3) is 3.00. The fourth-order valence-corrected chi connectivity index (χ4v) is 3.61. The molecule has 0 amide bonds. The van der Waals surface area contributed by atoms with Crippen molar-refractivity contribution in [1.82, 2.24) is 0 Å². The van der Waals surface area contributed by atoms with Gasteiger partial charge in [0.1, 0.15) is 0 Å². The van der Waals surface area contributed by atoms with Crippen LogP contribution in [0.1, 0.15) is 29.2 Å². The summed E-state index contributed by atoms with van der Waals surface area (Å²) >= 11 is 1.70. The van der Waals surface area contributed by atoms with Crippen molar-refractivity contribution >= 4 is 17.4 Å². The number of nitrogen functional groups attached to an aromatic ring is 1. The minimum Gasteiger partial charge on any atom is -0.399 e. The largest absolute Gasteiger partial charge is 0.399 e. The SMILES string of the molecule is Nc1cccc(C(O)CSc2ccc3c(c2)CCC3)c1. The first-order valence-electron chi connectivity index (χ1n) is 7.00. The molecule has 3 rings (SSSR count). The third-order valence-corrected chi connectivity index (χ3v) is 4.84. The zero-order chi connectivity index (χ0) is 13.9. The Labute approximate surface area is 124 Å². The second-order valence-corrected chi connectivity index (χ2v) is 6.37. The molecule has 0 heterocycles. The Morgan fingerprint density at radius 2 is 1.95 bits per heavy atom. The Bertz CT molecular complexity index is 612. The fourth-order valence-electron chi connectivity index (χ4n) is 2.68. The molecule has 0 saturated heterocycles. The molecule has 2 aromatic carbocycles. The molecule has 104 valence electrons. The molecule has 1 aliphatic rings. The van der Waals surface area contributed by atoms with Crippen molar-refractivity contribution in [2.45, 2.75) is 30.3 Å². The second-order valence-electron chi connectivity index (χ2n) is 5.28. The van der Waals surface area contributed by atoms with Crippen molar-refractivity contribution in [3.8, 4) is 0 Å². The van der Waals surface area contributed by atoms with Gasteiger partial charge in [-0.1, -0.05) is 18.2 Å². The number of fused-ring (bicyclic) bond motifs is 1. The van der Waals surface area contributed by atoms with Crippen LogP contribution >= 0.6 is 11.8 Å². The molecule has 0 bridgehead atoms. The summed E-state index contributed by atoms with van der Waals surface area (Å²) in [4.78, 5) is 1.24. The molecule has 0 saturated carbocycles. The Kier molecular flexibility index (Phi) is 3.99. The van der Waals surface area contributed by atoms with Gasteiger partial charge < -0.3 is 10.8 Å². The summed E-state index contributed by atoms with van der Waals surface area (Å²) in [6.45, 7) is 0. The molecular formula is C17H19NOS. The molecule has 0 aliphatic heterocycles. The number of thioether (sulfide) groups is 1. The van der Waals surface area contributed by atoms with Gasteiger partial charge in [-0.3, -0.25) is 0 Å². The summed E-state index contributed by atoms with van der Waals surface area (Å²) in [6.07, 6.45) is 3.21. The van der Waals surface area contributed by atoms with Crippen molar-refractivity contribution in [3.05, 3.63) is 59.2 Å². The molecule has 2 aromatic rings. The third-order valence-electron chi connectivity index (χ3n) is 3.77. The predicted molar refractivity (Wildman–Crippen MR) is 85.0 cm³/mol. The molecule has 1 unspecified atom stereocenters. The summed E-state index contributed by atoms with van der Waals surface area (Å²) in [6, 6.07) is 14.2. The fraction of sp³-hybridized carbons (Fsp3) is 0.294. The summed E-state index contributed by atoms with van der Waals surface area (Å²) in [5.74, 6) is 0.655. The van der Waals surface area contributed by atoms with Crippen LogP contribution in [0.15, 0.2) is 47.4 Å². The number of aliphatic hydroxyl groups excluding tert-OH is 1. The zero-order valence-electron chi connectivity index (χ0n) is 11.4. The highest BCUT2D eigenvalue weighted by Gasteiger charge is 2.12. The first kappa shape index (κ1) is 13.5. The second kappa shape index (κ2) is 5.90. The van der Waals surface area contributed by atoms with Crippen LogP contribution in [-0.2, 0) is 12.8 Å². The van der Waals surface area contributed by atoms with E-state index in [2.05, 4.69) is 18.2 Å². The standard InChI is InChI=1S/C17H19NOS/c18-15-6-2-5-14(9-15)17(19)11-20-16-8-7-12-3-1-4-13(12)10-16/h2,5-10,17,19H,1,3-4,11,18H2. The number of benzene rings is 2. The van der Waals surface area contributed by atoms with Crippen molar-refractivity contribution in [2.75, 3.05) is 11.5 Å². The lowest BCUT2D eigenvalue weighted by Gasteiger charge is -2.12. The topological polar surface area (TPSA) is 46.2 Å². The van der Waals surface area contributed by atoms with Crippen LogP contribution in [0, 0.1) is 0 Å². The summed E-state index contributed by atoms with van der Waals surface area (Å²) < 4.78 is 0. The van der Waals surface area contributed by atoms with Crippen LogP contribution in [0.5, 0.6) is 0 Å². The molecule has 0 aromatic heterocycles. The van der Waals surface area contributed by atoms with E-state index in [4.69, 9.17) is 5.73 Å². The van der Waals surface area contributed by atoms with Crippen molar-refractivity contribution in [2.24, 2.45) is 0 Å². The number of hydrogen-bond acceptors (Lipinski definition) is 3. The Hall–Kier alpha value is -1.45. The predicted octanol–water partition coefficient (Wildman–Crippen LogP) is 3.58. The van der Waals surface area contributed by atoms with E-state index in [9.17, 15) is 5.11 Å². The highest BCUT2D eigenvalue weighted by Crippen LogP contribution is 2.30. The van der Waals surface area contributed by atoms with Crippen molar-refractivity contribution in [3.63, 3.8) is 0 Å². The van der Waals surface area contributed by atoms with Gasteiger partial charge in [0.15, 0.2) is 0 Å². The van der Waals surface area contributed by atoms with Crippen LogP contribution in [-0.4, -0.2) is 10.9 Å². The number of aryl methyl sites for hydroxylation is 2. The lowest BCUT2D eigenvalue weighted by atomic mass is 10.1. The van der Waals surface area contributed by atoms with Crippen LogP contribution in [0.4, 0.5) is 5.69 Å². The van der Waals surface area contributed by atoms with Gasteiger partial charge in [-0.15, -0.1) is 11.8 Å². The monoisotopic (exact) mass is 285 g/mol. The summed E-state index contributed by atoms with van der Waals surface area (Å²) in [5, 5.41) is 10.2. The number of hydrogen-bond donors (Lipinski definition) is 2. The first-order chi connectivity index (χ1) is 9.72. The maximum absolute atomic E-state index is 10.2. The van der Waals surface area contributed by atoms with E-state index in [-0.39, 0.29) is 0 Å². The van der Waals surface area contributed by atoms with E-state index in [1.807, 2.05) is 24.3 Å². The number of nitrogens with two attached hydrogens (primary N) is 1. The van der Waals surface area contributed by atoms with Gasteiger partial charge in [0.05, 0.1) is 6.10 Å². The molecule has 0 radical (unpaired) electrons. The summed E-state index contributed by atoms with van der Waals surface area (Å²) in [5.41, 5.74) is 10.3. The van der Waals surface area contributed by atoms with Gasteiger partial charge in [0.2, 0.25) is 0 Å². The van der Waals surface area contributed by atoms with Crippen LogP contribution in [0.3, 0.4) is 0 Å². The Morgan fingerprint density at radius 1 is 1.10 bits per heavy atom. The van der Waals surface area contributed by atoms with Gasteiger partial charge in [-0.2, -0.15) is 0 Å². The molecule has 1 atom stereocenters. The highest BCUT2D eigenvalue weighted by molar-refractivity contribution is 7.99. The molecule has 0 fully saturated rings. The van der Waals surface area contributed by atoms with E-state index in [0.29, 0.717) is 11.4 Å². The van der Waals surface area contributed by atoms with Gasteiger partial charge in [-0.25, -0.2) is 0 Å². The van der Waals surface area contributed by atoms with Crippen LogP contribution in [0.25, 0.3) is 0 Å². The average Bonchev–Trinajstić information content (AvgIpc) is 2.92. The van der Waals surface area contributed by atoms with E-state index in [1.165, 1.54) is 35.3 Å². The zero-order valence-corrected chi connectivity index (χ0v) is 12.2. The quantitative estimate of drug-likeness (QED) is 0.666. The first-order valence-corrected chi connectivity index (χ1v) is 7.99. The maximum Gasteiger partial charge on any atom is 0.0884 e.